The molecule has 0 unspecified atom stereocenters. The molecular weight excluding hydrogens is 354 g/mol. The predicted molar refractivity (Wildman–Crippen MR) is 101 cm³/mol. The maximum absolute atomic E-state index is 12.3. The lowest BCUT2D eigenvalue weighted by molar-refractivity contribution is 0.0950. The molecule has 1 aliphatic heterocycles. The minimum Gasteiger partial charge on any atom is -0.451 e. The van der Waals surface area contributed by atoms with Crippen LogP contribution >= 0.6 is 12.2 Å². The van der Waals surface area contributed by atoms with Crippen LogP contribution in [-0.4, -0.2) is 47.8 Å². The fraction of sp³-hybridized carbons (Fsp3) is 0.389. The number of carbonyl (C=O) groups is 2. The van der Waals surface area contributed by atoms with Gasteiger partial charge in [0.1, 0.15) is 5.58 Å². The molecule has 0 atom stereocenters. The van der Waals surface area contributed by atoms with Crippen molar-refractivity contribution in [3.05, 3.63) is 36.1 Å². The number of thiocarbonyl (C=S) groups is 1. The molecule has 2 N–H and O–H groups in total. The molecule has 2 aromatic rings. The van der Waals surface area contributed by atoms with Crippen LogP contribution in [0.4, 0.5) is 4.79 Å². The van der Waals surface area contributed by atoms with Crippen LogP contribution in [0.25, 0.3) is 11.0 Å². The van der Waals surface area contributed by atoms with Gasteiger partial charge in [0, 0.05) is 24.5 Å². The predicted octanol–water partition coefficient (Wildman–Crippen LogP) is 2.66. The van der Waals surface area contributed by atoms with Gasteiger partial charge in [-0.25, -0.2) is 4.79 Å². The van der Waals surface area contributed by atoms with Crippen LogP contribution in [0.3, 0.4) is 0 Å². The van der Waals surface area contributed by atoms with Crippen LogP contribution in [0, 0.1) is 0 Å². The molecule has 0 spiro atoms. The van der Waals surface area contributed by atoms with Crippen LogP contribution in [0.2, 0.25) is 0 Å². The largest absolute Gasteiger partial charge is 0.451 e. The third-order valence-corrected chi connectivity index (χ3v) is 4.45. The summed E-state index contributed by atoms with van der Waals surface area (Å²) in [6.07, 6.45) is 1.19. The average Bonchev–Trinajstić information content (AvgIpc) is 3.07. The molecule has 8 heteroatoms. The van der Waals surface area contributed by atoms with Crippen molar-refractivity contribution < 1.29 is 18.7 Å². The fourth-order valence-corrected chi connectivity index (χ4v) is 3.16. The summed E-state index contributed by atoms with van der Waals surface area (Å²) in [5.74, 6) is -0.171. The van der Waals surface area contributed by atoms with Crippen molar-refractivity contribution in [3.8, 4) is 0 Å². The van der Waals surface area contributed by atoms with Gasteiger partial charge in [-0.15, -0.1) is 0 Å². The van der Waals surface area contributed by atoms with Crippen molar-refractivity contribution in [2.45, 2.75) is 25.8 Å². The molecule has 7 nitrogen and oxygen atoms in total. The van der Waals surface area contributed by atoms with Crippen molar-refractivity contribution in [3.63, 3.8) is 0 Å². The lowest BCUT2D eigenvalue weighted by Gasteiger charge is -2.32. The van der Waals surface area contributed by atoms with Crippen LogP contribution in [0.5, 0.6) is 0 Å². The molecule has 1 aliphatic rings. The topological polar surface area (TPSA) is 83.8 Å². The van der Waals surface area contributed by atoms with Crippen molar-refractivity contribution in [1.29, 1.82) is 0 Å². The third-order valence-electron chi connectivity index (χ3n) is 4.23. The van der Waals surface area contributed by atoms with Crippen LogP contribution < -0.4 is 10.6 Å². The highest BCUT2D eigenvalue weighted by atomic mass is 32.1. The van der Waals surface area contributed by atoms with Gasteiger partial charge in [0.05, 0.1) is 6.61 Å². The monoisotopic (exact) mass is 375 g/mol. The van der Waals surface area contributed by atoms with E-state index >= 15 is 0 Å². The van der Waals surface area contributed by atoms with E-state index in [1.54, 1.807) is 24.0 Å². The van der Waals surface area contributed by atoms with Crippen LogP contribution in [-0.2, 0) is 4.74 Å². The van der Waals surface area contributed by atoms with Gasteiger partial charge >= 0.3 is 6.09 Å². The first kappa shape index (κ1) is 18.2. The number of ether oxygens (including phenoxy) is 1. The highest BCUT2D eigenvalue weighted by molar-refractivity contribution is 7.80. The molecule has 0 bridgehead atoms. The highest BCUT2D eigenvalue weighted by Crippen LogP contribution is 2.18. The van der Waals surface area contributed by atoms with E-state index in [0.29, 0.717) is 25.3 Å². The number of carbonyl (C=O) groups excluding carboxylic acids is 2. The van der Waals surface area contributed by atoms with Gasteiger partial charge in [-0.2, -0.15) is 0 Å². The molecule has 0 aliphatic carbocycles. The number of para-hydroxylation sites is 1. The number of rotatable bonds is 3. The van der Waals surface area contributed by atoms with E-state index in [2.05, 4.69) is 10.6 Å². The average molecular weight is 375 g/mol. The molecule has 1 saturated heterocycles. The maximum Gasteiger partial charge on any atom is 0.409 e. The van der Waals surface area contributed by atoms with Crippen molar-refractivity contribution in [2.75, 3.05) is 19.7 Å². The Morgan fingerprint density at radius 2 is 2.04 bits per heavy atom. The van der Waals surface area contributed by atoms with E-state index in [1.807, 2.05) is 18.2 Å². The highest BCUT2D eigenvalue weighted by Gasteiger charge is 2.24. The van der Waals surface area contributed by atoms with Crippen LogP contribution in [0.15, 0.2) is 34.7 Å². The number of nitrogens with zero attached hydrogens (tertiary/aromatic N) is 1. The summed E-state index contributed by atoms with van der Waals surface area (Å²) in [5.41, 5.74) is 0.655. The molecule has 26 heavy (non-hydrogen) atoms. The van der Waals surface area contributed by atoms with Crippen molar-refractivity contribution in [1.82, 2.24) is 15.5 Å². The fourth-order valence-electron chi connectivity index (χ4n) is 2.90. The van der Waals surface area contributed by atoms with Gasteiger partial charge < -0.3 is 19.4 Å². The van der Waals surface area contributed by atoms with E-state index < -0.39 is 0 Å². The number of furan rings is 1. The number of benzene rings is 1. The summed E-state index contributed by atoms with van der Waals surface area (Å²) in [5, 5.41) is 6.88. The zero-order valence-electron chi connectivity index (χ0n) is 14.5. The van der Waals surface area contributed by atoms with Gasteiger partial charge in [-0.1, -0.05) is 18.2 Å². The Morgan fingerprint density at radius 3 is 2.73 bits per heavy atom. The first-order chi connectivity index (χ1) is 12.6. The molecule has 2 amide bonds. The van der Waals surface area contributed by atoms with Gasteiger partial charge in [0.2, 0.25) is 0 Å². The van der Waals surface area contributed by atoms with Crippen molar-refractivity contribution >= 4 is 40.3 Å². The normalized spacial score (nSPS) is 14.9. The standard InChI is InChI=1S/C18H21N3O4S/c1-2-24-18(23)21-9-7-13(8-10-21)19-17(26)20-16(22)15-11-12-5-3-4-6-14(12)25-15/h3-6,11,13H,2,7-10H2,1H3,(H2,19,20,22,26). The second kappa shape index (κ2) is 8.18. The molecular formula is C18H21N3O4S. The Bertz CT molecular complexity index is 779. The smallest absolute Gasteiger partial charge is 0.409 e. The summed E-state index contributed by atoms with van der Waals surface area (Å²) < 4.78 is 10.5. The summed E-state index contributed by atoms with van der Waals surface area (Å²) in [4.78, 5) is 25.6. The number of piperidine rings is 1. The van der Waals surface area contributed by atoms with E-state index in [0.717, 1.165) is 18.2 Å². The summed E-state index contributed by atoms with van der Waals surface area (Å²) in [6, 6.07) is 9.20. The van der Waals surface area contributed by atoms with Gasteiger partial charge in [0.15, 0.2) is 10.9 Å². The minimum absolute atomic E-state index is 0.101. The Balaban J connectivity index is 1.48. The van der Waals surface area contributed by atoms with Gasteiger partial charge in [-0.3, -0.25) is 10.1 Å². The zero-order valence-corrected chi connectivity index (χ0v) is 15.3. The second-order valence-corrected chi connectivity index (χ2v) is 6.44. The summed E-state index contributed by atoms with van der Waals surface area (Å²) in [6.45, 7) is 3.34. The molecule has 1 aromatic heterocycles. The van der Waals surface area contributed by atoms with Crippen molar-refractivity contribution in [2.24, 2.45) is 0 Å². The molecule has 1 fully saturated rings. The molecule has 3 rings (SSSR count). The zero-order chi connectivity index (χ0) is 18.5. The Hall–Kier alpha value is -2.61. The SMILES string of the molecule is CCOC(=O)N1CCC(NC(=S)NC(=O)c2cc3ccccc3o2)CC1. The van der Waals surface area contributed by atoms with Crippen LogP contribution in [0.1, 0.15) is 30.3 Å². The second-order valence-electron chi connectivity index (χ2n) is 6.04. The maximum atomic E-state index is 12.3. The number of fused-ring (bicyclic) bond motifs is 1. The lowest BCUT2D eigenvalue weighted by Crippen LogP contribution is -2.50. The van der Waals surface area contributed by atoms with E-state index in [1.165, 1.54) is 0 Å². The molecule has 0 saturated carbocycles. The molecule has 1 aromatic carbocycles. The number of hydrogen-bond acceptors (Lipinski definition) is 5. The molecule has 138 valence electrons. The third kappa shape index (κ3) is 4.32. The van der Waals surface area contributed by atoms with Gasteiger partial charge in [-0.05, 0) is 44.1 Å². The molecule has 2 heterocycles. The Kier molecular flexibility index (Phi) is 5.72. The Morgan fingerprint density at radius 1 is 1.31 bits per heavy atom. The van der Waals surface area contributed by atoms with E-state index in [4.69, 9.17) is 21.4 Å². The summed E-state index contributed by atoms with van der Waals surface area (Å²) >= 11 is 5.22. The first-order valence-electron chi connectivity index (χ1n) is 8.59. The number of hydrogen-bond donors (Lipinski definition) is 2. The summed E-state index contributed by atoms with van der Waals surface area (Å²) in [7, 11) is 0. The first-order valence-corrected chi connectivity index (χ1v) is 8.99. The number of nitrogens with one attached hydrogen (secondary N) is 2. The van der Waals surface area contributed by atoms with Gasteiger partial charge in [0.25, 0.3) is 5.91 Å². The van der Waals surface area contributed by atoms with E-state index in [9.17, 15) is 9.59 Å². The lowest BCUT2D eigenvalue weighted by atomic mass is 10.1. The Labute approximate surface area is 156 Å². The minimum atomic E-state index is -0.386. The molecule has 0 radical (unpaired) electrons. The van der Waals surface area contributed by atoms with E-state index in [-0.39, 0.29) is 28.9 Å². The number of likely N-dealkylation sites (tertiary alicyclic amines) is 1. The quantitative estimate of drug-likeness (QED) is 0.803. The number of amides is 2.